The van der Waals surface area contributed by atoms with Crippen molar-refractivity contribution in [1.29, 1.82) is 0 Å². The van der Waals surface area contributed by atoms with E-state index in [9.17, 15) is 13.2 Å². The van der Waals surface area contributed by atoms with E-state index in [4.69, 9.17) is 0 Å². The van der Waals surface area contributed by atoms with Gasteiger partial charge in [-0.1, -0.05) is 19.9 Å². The molecule has 0 aromatic carbocycles. The van der Waals surface area contributed by atoms with E-state index in [-0.39, 0.29) is 5.88 Å². The molecule has 0 spiro atoms. The zero-order valence-electron chi connectivity index (χ0n) is 11.3. The van der Waals surface area contributed by atoms with Crippen molar-refractivity contribution in [3.05, 3.63) is 23.4 Å². The van der Waals surface area contributed by atoms with Gasteiger partial charge in [-0.25, -0.2) is 4.98 Å². The largest absolute Gasteiger partial charge is 0.468 e. The summed E-state index contributed by atoms with van der Waals surface area (Å²) in [6, 6.07) is 3.20. The van der Waals surface area contributed by atoms with Gasteiger partial charge in [0.1, 0.15) is 0 Å². The third kappa shape index (κ3) is 6.42. The second-order valence-electron chi connectivity index (χ2n) is 4.82. The third-order valence-electron chi connectivity index (χ3n) is 2.42. The molecule has 19 heavy (non-hydrogen) atoms. The first-order valence-corrected chi connectivity index (χ1v) is 6.14. The van der Waals surface area contributed by atoms with Crippen molar-refractivity contribution in [2.75, 3.05) is 13.2 Å². The van der Waals surface area contributed by atoms with Gasteiger partial charge in [0.15, 0.2) is 6.61 Å². The average Bonchev–Trinajstić information content (AvgIpc) is 2.27. The molecule has 1 heterocycles. The highest BCUT2D eigenvalue weighted by molar-refractivity contribution is 5.24. The van der Waals surface area contributed by atoms with Gasteiger partial charge >= 0.3 is 6.18 Å². The van der Waals surface area contributed by atoms with E-state index in [0.717, 1.165) is 12.1 Å². The van der Waals surface area contributed by atoms with Crippen LogP contribution in [0.1, 0.15) is 25.1 Å². The SMILES string of the molecule is Cc1nc(OCC(F)(F)F)ccc1CNCC(C)C. The Hall–Kier alpha value is -1.30. The van der Waals surface area contributed by atoms with Gasteiger partial charge < -0.3 is 10.1 Å². The zero-order valence-corrected chi connectivity index (χ0v) is 11.3. The van der Waals surface area contributed by atoms with Gasteiger partial charge in [-0.2, -0.15) is 13.2 Å². The summed E-state index contributed by atoms with van der Waals surface area (Å²) >= 11 is 0. The molecule has 0 aliphatic carbocycles. The Morgan fingerprint density at radius 3 is 2.53 bits per heavy atom. The van der Waals surface area contributed by atoms with Crippen LogP contribution in [-0.2, 0) is 6.54 Å². The maximum absolute atomic E-state index is 12.0. The van der Waals surface area contributed by atoms with Gasteiger partial charge in [0, 0.05) is 18.3 Å². The number of rotatable bonds is 6. The Morgan fingerprint density at radius 2 is 2.00 bits per heavy atom. The minimum atomic E-state index is -4.34. The van der Waals surface area contributed by atoms with Crippen molar-refractivity contribution >= 4 is 0 Å². The molecule has 6 heteroatoms. The van der Waals surface area contributed by atoms with Crippen LogP contribution in [0.2, 0.25) is 0 Å². The molecule has 0 unspecified atom stereocenters. The van der Waals surface area contributed by atoms with Crippen LogP contribution in [0.25, 0.3) is 0 Å². The fourth-order valence-electron chi connectivity index (χ4n) is 1.49. The Labute approximate surface area is 111 Å². The molecule has 1 N–H and O–H groups in total. The number of aromatic nitrogens is 1. The number of hydrogen-bond acceptors (Lipinski definition) is 3. The molecular formula is C13H19F3N2O. The van der Waals surface area contributed by atoms with E-state index >= 15 is 0 Å². The van der Waals surface area contributed by atoms with Crippen LogP contribution in [0.5, 0.6) is 5.88 Å². The summed E-state index contributed by atoms with van der Waals surface area (Å²) in [5.74, 6) is 0.546. The first-order chi connectivity index (χ1) is 8.78. The molecule has 3 nitrogen and oxygen atoms in total. The minimum absolute atomic E-state index is 0.00225. The number of alkyl halides is 3. The highest BCUT2D eigenvalue weighted by atomic mass is 19.4. The van der Waals surface area contributed by atoms with Crippen LogP contribution in [0.15, 0.2) is 12.1 Å². The molecule has 0 radical (unpaired) electrons. The lowest BCUT2D eigenvalue weighted by atomic mass is 10.2. The molecule has 0 saturated heterocycles. The van der Waals surface area contributed by atoms with Gasteiger partial charge in [-0.3, -0.25) is 0 Å². The smallest absolute Gasteiger partial charge is 0.422 e. The van der Waals surface area contributed by atoms with Crippen molar-refractivity contribution in [1.82, 2.24) is 10.3 Å². The lowest BCUT2D eigenvalue weighted by molar-refractivity contribution is -0.154. The number of pyridine rings is 1. The summed E-state index contributed by atoms with van der Waals surface area (Å²) in [7, 11) is 0. The Bertz CT molecular complexity index is 405. The summed E-state index contributed by atoms with van der Waals surface area (Å²) in [5.41, 5.74) is 1.64. The summed E-state index contributed by atoms with van der Waals surface area (Å²) in [6.45, 7) is 6.18. The molecule has 0 fully saturated rings. The Morgan fingerprint density at radius 1 is 1.32 bits per heavy atom. The summed E-state index contributed by atoms with van der Waals surface area (Å²) in [4.78, 5) is 4.01. The van der Waals surface area contributed by atoms with Crippen molar-refractivity contribution in [3.8, 4) is 5.88 Å². The molecule has 0 amide bonds. The van der Waals surface area contributed by atoms with Crippen LogP contribution < -0.4 is 10.1 Å². The van der Waals surface area contributed by atoms with E-state index in [1.54, 1.807) is 13.0 Å². The topological polar surface area (TPSA) is 34.1 Å². The van der Waals surface area contributed by atoms with Crippen LogP contribution in [-0.4, -0.2) is 24.3 Å². The second-order valence-corrected chi connectivity index (χ2v) is 4.82. The molecule has 0 atom stereocenters. The van der Waals surface area contributed by atoms with E-state index < -0.39 is 12.8 Å². The number of ether oxygens (including phenoxy) is 1. The maximum atomic E-state index is 12.0. The fourth-order valence-corrected chi connectivity index (χ4v) is 1.49. The number of nitrogens with one attached hydrogen (secondary N) is 1. The normalized spacial score (nSPS) is 11.9. The third-order valence-corrected chi connectivity index (χ3v) is 2.42. The van der Waals surface area contributed by atoms with E-state index in [2.05, 4.69) is 28.9 Å². The summed E-state index contributed by atoms with van der Waals surface area (Å²) in [6.07, 6.45) is -4.34. The number of hydrogen-bond donors (Lipinski definition) is 1. The quantitative estimate of drug-likeness (QED) is 0.867. The molecule has 0 aliphatic rings. The molecule has 1 aromatic heterocycles. The molecular weight excluding hydrogens is 257 g/mol. The highest BCUT2D eigenvalue weighted by Gasteiger charge is 2.28. The van der Waals surface area contributed by atoms with Gasteiger partial charge in [0.25, 0.3) is 0 Å². The lowest BCUT2D eigenvalue weighted by Crippen LogP contribution is -2.21. The Balaban J connectivity index is 2.54. The predicted molar refractivity (Wildman–Crippen MR) is 67.1 cm³/mol. The highest BCUT2D eigenvalue weighted by Crippen LogP contribution is 2.18. The van der Waals surface area contributed by atoms with Gasteiger partial charge in [-0.15, -0.1) is 0 Å². The maximum Gasteiger partial charge on any atom is 0.422 e. The van der Waals surface area contributed by atoms with Crippen LogP contribution >= 0.6 is 0 Å². The van der Waals surface area contributed by atoms with Crippen molar-refractivity contribution in [2.24, 2.45) is 5.92 Å². The predicted octanol–water partition coefficient (Wildman–Crippen LogP) is 3.08. The monoisotopic (exact) mass is 276 g/mol. The van der Waals surface area contributed by atoms with E-state index in [1.165, 1.54) is 6.07 Å². The van der Waals surface area contributed by atoms with Crippen molar-refractivity contribution in [3.63, 3.8) is 0 Å². The second kappa shape index (κ2) is 6.75. The van der Waals surface area contributed by atoms with Crippen LogP contribution in [0.3, 0.4) is 0 Å². The fraction of sp³-hybridized carbons (Fsp3) is 0.615. The lowest BCUT2D eigenvalue weighted by Gasteiger charge is -2.12. The van der Waals surface area contributed by atoms with Gasteiger partial charge in [-0.05, 0) is 24.9 Å². The van der Waals surface area contributed by atoms with Gasteiger partial charge in [0.05, 0.1) is 0 Å². The molecule has 0 aliphatic heterocycles. The number of halogens is 3. The van der Waals surface area contributed by atoms with Crippen LogP contribution in [0.4, 0.5) is 13.2 Å². The molecule has 1 rings (SSSR count). The average molecular weight is 276 g/mol. The summed E-state index contributed by atoms with van der Waals surface area (Å²) < 4.78 is 40.6. The van der Waals surface area contributed by atoms with E-state index in [0.29, 0.717) is 18.2 Å². The summed E-state index contributed by atoms with van der Waals surface area (Å²) in [5, 5.41) is 3.26. The molecule has 108 valence electrons. The Kier molecular flexibility index (Phi) is 5.60. The molecule has 0 bridgehead atoms. The first kappa shape index (κ1) is 15.8. The van der Waals surface area contributed by atoms with Gasteiger partial charge in [0.2, 0.25) is 5.88 Å². The van der Waals surface area contributed by atoms with Crippen LogP contribution in [0, 0.1) is 12.8 Å². The number of nitrogens with zero attached hydrogens (tertiary/aromatic N) is 1. The van der Waals surface area contributed by atoms with E-state index in [1.807, 2.05) is 0 Å². The molecule has 0 saturated carbocycles. The number of aryl methyl sites for hydroxylation is 1. The molecule has 1 aromatic rings. The first-order valence-electron chi connectivity index (χ1n) is 6.14. The minimum Gasteiger partial charge on any atom is -0.468 e. The zero-order chi connectivity index (χ0) is 14.5. The van der Waals surface area contributed by atoms with Crippen molar-refractivity contribution < 1.29 is 17.9 Å². The van der Waals surface area contributed by atoms with Crippen molar-refractivity contribution in [2.45, 2.75) is 33.5 Å². The standard InChI is InChI=1S/C13H19F3N2O/c1-9(2)6-17-7-11-4-5-12(18-10(11)3)19-8-13(14,15)16/h4-5,9,17H,6-8H2,1-3H3.